The van der Waals surface area contributed by atoms with E-state index in [0.717, 1.165) is 28.2 Å². The van der Waals surface area contributed by atoms with Gasteiger partial charge in [0.2, 0.25) is 0 Å². The Bertz CT molecular complexity index is 1150. The van der Waals surface area contributed by atoms with Gasteiger partial charge in [0.05, 0.1) is 11.4 Å². The van der Waals surface area contributed by atoms with Crippen molar-refractivity contribution < 1.29 is 5.11 Å². The molecule has 1 N–H and O–H groups in total. The van der Waals surface area contributed by atoms with Crippen LogP contribution < -0.4 is 5.43 Å². The smallest absolute Gasteiger partial charge is 0.185 e. The van der Waals surface area contributed by atoms with Crippen LogP contribution in [0.4, 0.5) is 0 Å². The van der Waals surface area contributed by atoms with Crippen LogP contribution in [0.15, 0.2) is 95.8 Å². The lowest BCUT2D eigenvalue weighted by Gasteiger charge is -2.21. The zero-order valence-electron chi connectivity index (χ0n) is 15.0. The average molecular weight is 353 g/mol. The average Bonchev–Trinajstić information content (AvgIpc) is 2.71. The van der Waals surface area contributed by atoms with Crippen molar-refractivity contribution in [1.29, 1.82) is 0 Å². The van der Waals surface area contributed by atoms with Gasteiger partial charge in [0, 0.05) is 23.4 Å². The second-order valence-corrected chi connectivity index (χ2v) is 6.45. The highest BCUT2D eigenvalue weighted by Gasteiger charge is 2.17. The largest absolute Gasteiger partial charge is 0.508 e. The Kier molecular flexibility index (Phi) is 4.35. The van der Waals surface area contributed by atoms with E-state index in [1.807, 2.05) is 84.3 Å². The Labute approximate surface area is 157 Å². The topological polar surface area (TPSA) is 42.2 Å². The first-order chi connectivity index (χ1) is 13.1. The van der Waals surface area contributed by atoms with Crippen molar-refractivity contribution in [3.05, 3.63) is 107 Å². The molecule has 0 aliphatic carbocycles. The Morgan fingerprint density at radius 1 is 0.741 bits per heavy atom. The number of benzene rings is 3. The number of aromatic nitrogens is 1. The molecule has 0 unspecified atom stereocenters. The normalized spacial score (nSPS) is 10.7. The Balaban J connectivity index is 2.15. The van der Waals surface area contributed by atoms with E-state index in [9.17, 15) is 9.90 Å². The van der Waals surface area contributed by atoms with Gasteiger partial charge < -0.3 is 9.67 Å². The lowest BCUT2D eigenvalue weighted by molar-refractivity contribution is 0.475. The molecule has 1 heterocycles. The Hall–Kier alpha value is -3.59. The van der Waals surface area contributed by atoms with Gasteiger partial charge in [-0.1, -0.05) is 66.7 Å². The minimum atomic E-state index is -0.0101. The summed E-state index contributed by atoms with van der Waals surface area (Å²) in [7, 11) is 0. The fourth-order valence-electron chi connectivity index (χ4n) is 3.37. The highest BCUT2D eigenvalue weighted by molar-refractivity contribution is 5.73. The molecule has 132 valence electrons. The summed E-state index contributed by atoms with van der Waals surface area (Å²) < 4.78 is 2.04. The molecule has 0 saturated carbocycles. The van der Waals surface area contributed by atoms with E-state index in [4.69, 9.17) is 0 Å². The molecule has 4 aromatic rings. The van der Waals surface area contributed by atoms with Crippen LogP contribution in [-0.4, -0.2) is 9.67 Å². The molecular weight excluding hydrogens is 334 g/mol. The van der Waals surface area contributed by atoms with Crippen molar-refractivity contribution in [3.63, 3.8) is 0 Å². The van der Waals surface area contributed by atoms with Crippen molar-refractivity contribution in [2.75, 3.05) is 0 Å². The molecule has 0 radical (unpaired) electrons. The summed E-state index contributed by atoms with van der Waals surface area (Å²) in [5, 5.41) is 10.0. The highest BCUT2D eigenvalue weighted by Crippen LogP contribution is 2.32. The van der Waals surface area contributed by atoms with E-state index < -0.39 is 0 Å². The molecule has 0 saturated heterocycles. The summed E-state index contributed by atoms with van der Waals surface area (Å²) in [6, 6.07) is 28.5. The zero-order chi connectivity index (χ0) is 18.8. The van der Waals surface area contributed by atoms with Crippen LogP contribution >= 0.6 is 0 Å². The number of phenols is 1. The first-order valence-corrected chi connectivity index (χ1v) is 8.82. The molecular formula is C24H19NO2. The molecule has 27 heavy (non-hydrogen) atoms. The van der Waals surface area contributed by atoms with Crippen LogP contribution in [0, 0.1) is 6.92 Å². The second-order valence-electron chi connectivity index (χ2n) is 6.45. The van der Waals surface area contributed by atoms with Gasteiger partial charge >= 0.3 is 0 Å². The summed E-state index contributed by atoms with van der Waals surface area (Å²) in [5.41, 5.74) is 4.97. The lowest BCUT2D eigenvalue weighted by Crippen LogP contribution is -2.15. The van der Waals surface area contributed by atoms with Crippen LogP contribution in [0.1, 0.15) is 5.56 Å². The molecule has 1 aromatic heterocycles. The second kappa shape index (κ2) is 6.96. The third kappa shape index (κ3) is 3.15. The van der Waals surface area contributed by atoms with Crippen molar-refractivity contribution in [3.8, 4) is 34.0 Å². The number of nitrogens with zero attached hydrogens (tertiary/aromatic N) is 1. The van der Waals surface area contributed by atoms with Gasteiger partial charge in [-0.25, -0.2) is 0 Å². The van der Waals surface area contributed by atoms with E-state index in [2.05, 4.69) is 0 Å². The van der Waals surface area contributed by atoms with Crippen LogP contribution in [0.2, 0.25) is 0 Å². The molecule has 3 aromatic carbocycles. The maximum absolute atomic E-state index is 12.8. The van der Waals surface area contributed by atoms with Crippen LogP contribution in [-0.2, 0) is 0 Å². The fraction of sp³-hybridized carbons (Fsp3) is 0.0417. The molecule has 0 aliphatic rings. The predicted molar refractivity (Wildman–Crippen MR) is 109 cm³/mol. The molecule has 0 atom stereocenters. The van der Waals surface area contributed by atoms with Crippen molar-refractivity contribution in [2.45, 2.75) is 6.92 Å². The minimum absolute atomic E-state index is 0.0101. The van der Waals surface area contributed by atoms with Crippen LogP contribution in [0.5, 0.6) is 5.75 Å². The van der Waals surface area contributed by atoms with Gasteiger partial charge in [-0.3, -0.25) is 4.79 Å². The summed E-state index contributed by atoms with van der Waals surface area (Å²) in [5.74, 6) is 0.182. The number of rotatable bonds is 3. The molecule has 0 spiro atoms. The number of aromatic hydroxyl groups is 1. The van der Waals surface area contributed by atoms with E-state index in [0.29, 0.717) is 5.56 Å². The molecule has 3 nitrogen and oxygen atoms in total. The van der Waals surface area contributed by atoms with Crippen molar-refractivity contribution in [2.24, 2.45) is 0 Å². The van der Waals surface area contributed by atoms with Gasteiger partial charge in [-0.2, -0.15) is 0 Å². The van der Waals surface area contributed by atoms with E-state index in [1.165, 1.54) is 0 Å². The van der Waals surface area contributed by atoms with Gasteiger partial charge in [0.1, 0.15) is 5.75 Å². The molecule has 0 amide bonds. The predicted octanol–water partition coefficient (Wildman–Crippen LogP) is 5.19. The fourth-order valence-corrected chi connectivity index (χ4v) is 3.37. The van der Waals surface area contributed by atoms with E-state index >= 15 is 0 Å². The maximum atomic E-state index is 12.8. The maximum Gasteiger partial charge on any atom is 0.185 e. The third-order valence-corrected chi connectivity index (χ3v) is 4.66. The first-order valence-electron chi connectivity index (χ1n) is 8.82. The van der Waals surface area contributed by atoms with E-state index in [1.54, 1.807) is 18.2 Å². The number of hydrogen-bond donors (Lipinski definition) is 1. The van der Waals surface area contributed by atoms with Crippen LogP contribution in [0.3, 0.4) is 0 Å². The number of pyridine rings is 1. The van der Waals surface area contributed by atoms with Gasteiger partial charge in [-0.05, 0) is 30.2 Å². The van der Waals surface area contributed by atoms with Crippen LogP contribution in [0.25, 0.3) is 28.2 Å². The van der Waals surface area contributed by atoms with Gasteiger partial charge in [0.15, 0.2) is 5.43 Å². The van der Waals surface area contributed by atoms with Gasteiger partial charge in [-0.15, -0.1) is 0 Å². The van der Waals surface area contributed by atoms with Crippen molar-refractivity contribution >= 4 is 0 Å². The summed E-state index contributed by atoms with van der Waals surface area (Å²) in [6.07, 6.45) is 0. The highest BCUT2D eigenvalue weighted by atomic mass is 16.3. The molecule has 4 rings (SSSR count). The Morgan fingerprint density at radius 3 is 2.00 bits per heavy atom. The summed E-state index contributed by atoms with van der Waals surface area (Å²) in [6.45, 7) is 1.85. The lowest BCUT2D eigenvalue weighted by atomic mass is 10.0. The summed E-state index contributed by atoms with van der Waals surface area (Å²) in [4.78, 5) is 12.8. The Morgan fingerprint density at radius 2 is 1.37 bits per heavy atom. The van der Waals surface area contributed by atoms with Gasteiger partial charge in [0.25, 0.3) is 0 Å². The third-order valence-electron chi connectivity index (χ3n) is 4.66. The monoisotopic (exact) mass is 353 g/mol. The zero-order valence-corrected chi connectivity index (χ0v) is 15.0. The molecule has 3 heteroatoms. The molecule has 0 bridgehead atoms. The quantitative estimate of drug-likeness (QED) is 0.551. The minimum Gasteiger partial charge on any atom is -0.508 e. The standard InChI is InChI=1S/C24H19NO2/c1-17-23(27)16-22(18-9-4-2-5-10-18)25(20-13-8-14-21(26)15-20)24(17)19-11-6-3-7-12-19/h2-16,26H,1H3. The molecule has 0 aliphatic heterocycles. The number of phenolic OH excluding ortho intramolecular Hbond substituents is 1. The SMILES string of the molecule is Cc1c(-c2ccccc2)n(-c2cccc(O)c2)c(-c2ccccc2)cc1=O. The first kappa shape index (κ1) is 16.9. The molecule has 0 fully saturated rings. The number of hydrogen-bond acceptors (Lipinski definition) is 2. The van der Waals surface area contributed by atoms with E-state index in [-0.39, 0.29) is 11.2 Å². The summed E-state index contributed by atoms with van der Waals surface area (Å²) >= 11 is 0. The van der Waals surface area contributed by atoms with Crippen molar-refractivity contribution in [1.82, 2.24) is 4.57 Å².